The molecule has 2 fully saturated rings. The van der Waals surface area contributed by atoms with Crippen molar-refractivity contribution in [3.8, 4) is 11.8 Å². The summed E-state index contributed by atoms with van der Waals surface area (Å²) in [4.78, 5) is 22.3. The number of rotatable bonds is 10. The number of amides is 1. The van der Waals surface area contributed by atoms with E-state index in [4.69, 9.17) is 9.47 Å². The number of nitriles is 1. The van der Waals surface area contributed by atoms with E-state index in [0.717, 1.165) is 80.3 Å². The molecule has 2 aliphatic heterocycles. The van der Waals surface area contributed by atoms with Gasteiger partial charge >= 0.3 is 0 Å². The number of fused-ring (bicyclic) bond motifs is 1. The predicted molar refractivity (Wildman–Crippen MR) is 146 cm³/mol. The summed E-state index contributed by atoms with van der Waals surface area (Å²) < 4.78 is 11.3. The normalized spacial score (nSPS) is 16.5. The SMILES string of the molecule is CCSc1ccc(OCC2COC2)c(C(=O)N2CCN(CCCc3c[nH]c4ccc(C#N)cc34)CC2)c1. The van der Waals surface area contributed by atoms with Crippen LogP contribution >= 0.6 is 11.8 Å². The third-order valence-electron chi connectivity index (χ3n) is 7.15. The van der Waals surface area contributed by atoms with Crippen molar-refractivity contribution in [2.45, 2.75) is 24.7 Å². The summed E-state index contributed by atoms with van der Waals surface area (Å²) in [5, 5.41) is 10.4. The van der Waals surface area contributed by atoms with Crippen LogP contribution < -0.4 is 4.74 Å². The molecule has 0 atom stereocenters. The predicted octanol–water partition coefficient (Wildman–Crippen LogP) is 4.57. The number of hydrogen-bond donors (Lipinski definition) is 1. The fourth-order valence-electron chi connectivity index (χ4n) is 4.94. The van der Waals surface area contributed by atoms with Crippen LogP contribution in [0.3, 0.4) is 0 Å². The minimum Gasteiger partial charge on any atom is -0.492 e. The summed E-state index contributed by atoms with van der Waals surface area (Å²) in [7, 11) is 0. The molecule has 1 aromatic heterocycles. The summed E-state index contributed by atoms with van der Waals surface area (Å²) in [6, 6.07) is 14.0. The molecule has 3 aromatic rings. The van der Waals surface area contributed by atoms with E-state index in [9.17, 15) is 10.1 Å². The first-order valence-corrected chi connectivity index (χ1v) is 14.1. The molecule has 194 valence electrons. The first-order valence-electron chi connectivity index (χ1n) is 13.1. The van der Waals surface area contributed by atoms with Crippen LogP contribution in [0, 0.1) is 17.2 Å². The highest BCUT2D eigenvalue weighted by Crippen LogP contribution is 2.29. The Labute approximate surface area is 222 Å². The lowest BCUT2D eigenvalue weighted by Gasteiger charge is -2.35. The lowest BCUT2D eigenvalue weighted by Crippen LogP contribution is -2.49. The molecule has 2 saturated heterocycles. The number of aromatic nitrogens is 1. The number of aryl methyl sites for hydroxylation is 1. The second-order valence-corrected chi connectivity index (χ2v) is 11.1. The number of benzene rings is 2. The van der Waals surface area contributed by atoms with Crippen LogP contribution in [0.2, 0.25) is 0 Å². The van der Waals surface area contributed by atoms with Gasteiger partial charge in [0.05, 0.1) is 37.0 Å². The average molecular weight is 519 g/mol. The Morgan fingerprint density at radius 1 is 1.19 bits per heavy atom. The molecule has 0 radical (unpaired) electrons. The highest BCUT2D eigenvalue weighted by atomic mass is 32.2. The molecule has 0 unspecified atom stereocenters. The molecule has 0 aliphatic carbocycles. The number of thioether (sulfide) groups is 1. The first-order chi connectivity index (χ1) is 18.1. The van der Waals surface area contributed by atoms with Crippen LogP contribution in [0.25, 0.3) is 10.9 Å². The molecule has 3 heterocycles. The summed E-state index contributed by atoms with van der Waals surface area (Å²) >= 11 is 1.74. The fraction of sp³-hybridized carbons (Fsp3) is 0.448. The molecule has 1 N–H and O–H groups in total. The van der Waals surface area contributed by atoms with Crippen LogP contribution in [0.4, 0.5) is 0 Å². The van der Waals surface area contributed by atoms with Crippen molar-refractivity contribution in [3.05, 3.63) is 59.3 Å². The summed E-state index contributed by atoms with van der Waals surface area (Å²) in [5.41, 5.74) is 3.69. The van der Waals surface area contributed by atoms with Gasteiger partial charge in [0.2, 0.25) is 0 Å². The van der Waals surface area contributed by atoms with Crippen LogP contribution in [-0.4, -0.2) is 79.0 Å². The van der Waals surface area contributed by atoms with Crippen molar-refractivity contribution >= 4 is 28.6 Å². The second kappa shape index (κ2) is 12.0. The molecule has 2 aromatic carbocycles. The highest BCUT2D eigenvalue weighted by molar-refractivity contribution is 7.99. The third-order valence-corrected chi connectivity index (χ3v) is 8.03. The number of hydrogen-bond acceptors (Lipinski definition) is 6. The van der Waals surface area contributed by atoms with E-state index in [1.54, 1.807) is 11.8 Å². The van der Waals surface area contributed by atoms with E-state index in [0.29, 0.717) is 29.4 Å². The number of carbonyl (C=O) groups excluding carboxylic acids is 1. The quantitative estimate of drug-likeness (QED) is 0.396. The molecular weight excluding hydrogens is 484 g/mol. The van der Waals surface area contributed by atoms with Gasteiger partial charge in [0.1, 0.15) is 5.75 Å². The fourth-order valence-corrected chi connectivity index (χ4v) is 5.64. The number of piperazine rings is 1. The monoisotopic (exact) mass is 518 g/mol. The lowest BCUT2D eigenvalue weighted by molar-refractivity contribution is -0.0509. The zero-order valence-electron chi connectivity index (χ0n) is 21.4. The van der Waals surface area contributed by atoms with Gasteiger partial charge in [-0.2, -0.15) is 5.26 Å². The maximum absolute atomic E-state index is 13.5. The second-order valence-electron chi connectivity index (χ2n) is 9.73. The molecule has 8 heteroatoms. The van der Waals surface area contributed by atoms with Crippen LogP contribution in [-0.2, 0) is 11.2 Å². The number of carbonyl (C=O) groups is 1. The number of nitrogens with one attached hydrogen (secondary N) is 1. The van der Waals surface area contributed by atoms with E-state index in [-0.39, 0.29) is 5.91 Å². The van der Waals surface area contributed by atoms with Crippen molar-refractivity contribution in [1.82, 2.24) is 14.8 Å². The van der Waals surface area contributed by atoms with Gasteiger partial charge in [-0.05, 0) is 67.1 Å². The van der Waals surface area contributed by atoms with Crippen LogP contribution in [0.5, 0.6) is 5.75 Å². The largest absolute Gasteiger partial charge is 0.492 e. The van der Waals surface area contributed by atoms with Crippen molar-refractivity contribution in [2.75, 3.05) is 58.3 Å². The Morgan fingerprint density at radius 3 is 2.76 bits per heavy atom. The summed E-state index contributed by atoms with van der Waals surface area (Å²) in [6.45, 7) is 8.35. The van der Waals surface area contributed by atoms with Gasteiger partial charge in [-0.1, -0.05) is 6.92 Å². The van der Waals surface area contributed by atoms with Crippen LogP contribution in [0.1, 0.15) is 34.8 Å². The van der Waals surface area contributed by atoms with E-state index < -0.39 is 0 Å². The standard InChI is InChI=1S/C29H34N4O3S/c1-2-37-24-6-8-28(36-20-22-18-35-19-22)26(15-24)29(34)33-12-10-32(11-13-33)9-3-4-23-17-31-27-7-5-21(16-30)14-25(23)27/h5-8,14-15,17,22,31H,2-4,9-13,18-20H2,1H3. The molecule has 0 saturated carbocycles. The molecule has 0 spiro atoms. The number of ether oxygens (including phenoxy) is 2. The maximum atomic E-state index is 13.5. The molecule has 0 bridgehead atoms. The van der Waals surface area contributed by atoms with Gasteiger partial charge in [-0.15, -0.1) is 11.8 Å². The zero-order chi connectivity index (χ0) is 25.6. The average Bonchev–Trinajstić information content (AvgIpc) is 3.30. The molecule has 37 heavy (non-hydrogen) atoms. The van der Waals surface area contributed by atoms with Gasteiger partial charge in [-0.3, -0.25) is 9.69 Å². The Morgan fingerprint density at radius 2 is 2.03 bits per heavy atom. The number of nitrogens with zero attached hydrogens (tertiary/aromatic N) is 3. The smallest absolute Gasteiger partial charge is 0.257 e. The number of aromatic amines is 1. The van der Waals surface area contributed by atoms with E-state index >= 15 is 0 Å². The van der Waals surface area contributed by atoms with Gasteiger partial charge in [-0.25, -0.2) is 0 Å². The van der Waals surface area contributed by atoms with Gasteiger partial charge in [0.15, 0.2) is 0 Å². The Bertz CT molecular complexity index is 1270. The summed E-state index contributed by atoms with van der Waals surface area (Å²) in [5.74, 6) is 2.11. The molecule has 5 rings (SSSR count). The lowest BCUT2D eigenvalue weighted by atomic mass is 10.1. The zero-order valence-corrected chi connectivity index (χ0v) is 22.2. The summed E-state index contributed by atoms with van der Waals surface area (Å²) in [6.07, 6.45) is 4.06. The van der Waals surface area contributed by atoms with Crippen molar-refractivity contribution < 1.29 is 14.3 Å². The Balaban J connectivity index is 1.15. The van der Waals surface area contributed by atoms with E-state index in [2.05, 4.69) is 29.1 Å². The Kier molecular flexibility index (Phi) is 8.34. The van der Waals surface area contributed by atoms with Crippen molar-refractivity contribution in [1.29, 1.82) is 5.26 Å². The molecule has 2 aliphatic rings. The van der Waals surface area contributed by atoms with Gasteiger partial charge in [0, 0.05) is 54.1 Å². The minimum atomic E-state index is 0.0603. The minimum absolute atomic E-state index is 0.0603. The highest BCUT2D eigenvalue weighted by Gasteiger charge is 2.26. The van der Waals surface area contributed by atoms with Gasteiger partial charge in [0.25, 0.3) is 5.91 Å². The Hall–Kier alpha value is -2.99. The molecule has 1 amide bonds. The first kappa shape index (κ1) is 25.7. The third kappa shape index (κ3) is 6.12. The van der Waals surface area contributed by atoms with E-state index in [1.807, 2.05) is 41.3 Å². The van der Waals surface area contributed by atoms with Crippen molar-refractivity contribution in [2.24, 2.45) is 5.92 Å². The van der Waals surface area contributed by atoms with E-state index in [1.165, 1.54) is 5.56 Å². The molecule has 7 nitrogen and oxygen atoms in total. The van der Waals surface area contributed by atoms with Gasteiger partial charge < -0.3 is 19.4 Å². The topological polar surface area (TPSA) is 81.6 Å². The molecular formula is C29H34N4O3S. The maximum Gasteiger partial charge on any atom is 0.257 e. The van der Waals surface area contributed by atoms with Crippen LogP contribution in [0.15, 0.2) is 47.5 Å². The van der Waals surface area contributed by atoms with Crippen molar-refractivity contribution in [3.63, 3.8) is 0 Å². The number of H-pyrrole nitrogens is 1.